The second-order valence-corrected chi connectivity index (χ2v) is 5.53. The molecule has 7 nitrogen and oxygen atoms in total. The molecule has 0 spiro atoms. The number of nitrogens with zero attached hydrogens (tertiary/aromatic N) is 5. The molecule has 0 radical (unpaired) electrons. The molecule has 3 rings (SSSR count). The molecule has 1 fully saturated rings. The van der Waals surface area contributed by atoms with Crippen LogP contribution in [0, 0.1) is 0 Å². The Kier molecular flexibility index (Phi) is 3.92. The molecule has 0 aliphatic carbocycles. The summed E-state index contributed by atoms with van der Waals surface area (Å²) in [5.74, 6) is 1.58. The summed E-state index contributed by atoms with van der Waals surface area (Å²) in [5, 5.41) is 15.2. The Hall–Kier alpha value is -1.89. The van der Waals surface area contributed by atoms with Crippen LogP contribution in [0.2, 0.25) is 0 Å². The molecule has 0 bridgehead atoms. The molecule has 114 valence electrons. The van der Waals surface area contributed by atoms with Gasteiger partial charge in [0.25, 0.3) is 0 Å². The number of aromatic nitrogens is 5. The molecule has 0 amide bonds. The third-order valence-corrected chi connectivity index (χ3v) is 4.19. The van der Waals surface area contributed by atoms with E-state index in [2.05, 4.69) is 43.5 Å². The summed E-state index contributed by atoms with van der Waals surface area (Å²) in [7, 11) is 3.97. The first kappa shape index (κ1) is 14.1. The van der Waals surface area contributed by atoms with Crippen LogP contribution in [0.1, 0.15) is 25.5 Å². The van der Waals surface area contributed by atoms with E-state index < -0.39 is 0 Å². The first-order valence-corrected chi connectivity index (χ1v) is 7.59. The number of aryl methyl sites for hydroxylation is 2. The summed E-state index contributed by atoms with van der Waals surface area (Å²) in [5.41, 5.74) is 2.05. The van der Waals surface area contributed by atoms with Crippen LogP contribution in [0.15, 0.2) is 6.07 Å². The maximum absolute atomic E-state index is 4.64. The van der Waals surface area contributed by atoms with Crippen molar-refractivity contribution in [3.63, 3.8) is 0 Å². The van der Waals surface area contributed by atoms with E-state index in [1.807, 2.05) is 18.8 Å². The highest BCUT2D eigenvalue weighted by atomic mass is 15.4. The average Bonchev–Trinajstić information content (AvgIpc) is 3.13. The van der Waals surface area contributed by atoms with Crippen molar-refractivity contribution in [2.45, 2.75) is 32.2 Å². The third-order valence-electron chi connectivity index (χ3n) is 4.19. The minimum atomic E-state index is 0.615. The topological polar surface area (TPSA) is 74.7 Å². The maximum atomic E-state index is 4.64. The second kappa shape index (κ2) is 5.85. The van der Waals surface area contributed by atoms with Crippen molar-refractivity contribution >= 4 is 5.95 Å². The van der Waals surface area contributed by atoms with E-state index in [1.165, 1.54) is 0 Å². The molecule has 2 N–H and O–H groups in total. The van der Waals surface area contributed by atoms with Gasteiger partial charge in [0.1, 0.15) is 5.69 Å². The van der Waals surface area contributed by atoms with Crippen LogP contribution in [0.5, 0.6) is 0 Å². The van der Waals surface area contributed by atoms with Crippen molar-refractivity contribution in [3.8, 4) is 11.5 Å². The Morgan fingerprint density at radius 3 is 2.76 bits per heavy atom. The van der Waals surface area contributed by atoms with Gasteiger partial charge < -0.3 is 10.2 Å². The number of hydrogen-bond donors (Lipinski definition) is 2. The molecule has 0 atom stereocenters. The second-order valence-electron chi connectivity index (χ2n) is 5.53. The molecular formula is C14H23N7. The summed E-state index contributed by atoms with van der Waals surface area (Å²) < 4.78 is 1.86. The van der Waals surface area contributed by atoms with Crippen LogP contribution in [-0.2, 0) is 13.5 Å². The summed E-state index contributed by atoms with van der Waals surface area (Å²) in [6.45, 7) is 4.09. The van der Waals surface area contributed by atoms with E-state index >= 15 is 0 Å². The lowest BCUT2D eigenvalue weighted by Gasteiger charge is -2.30. The third kappa shape index (κ3) is 2.78. The Morgan fingerprint density at radius 1 is 1.38 bits per heavy atom. The standard InChI is InChI=1S/C14H23N7/c1-4-10-9-12(20(3)19-10)13-16-14(18-17-13)21-7-5-11(15-2)6-8-21/h9,11,15H,4-8H2,1-3H3,(H,16,17,18). The number of hydrogen-bond acceptors (Lipinski definition) is 5. The van der Waals surface area contributed by atoms with Crippen molar-refractivity contribution in [1.82, 2.24) is 30.3 Å². The fourth-order valence-electron chi connectivity index (χ4n) is 2.80. The molecule has 0 saturated carbocycles. The largest absolute Gasteiger partial charge is 0.339 e. The molecule has 0 aromatic carbocycles. The zero-order valence-electron chi connectivity index (χ0n) is 12.9. The number of aromatic amines is 1. The van der Waals surface area contributed by atoms with Crippen molar-refractivity contribution in [2.24, 2.45) is 7.05 Å². The molecule has 3 heterocycles. The van der Waals surface area contributed by atoms with Gasteiger partial charge in [0.2, 0.25) is 5.95 Å². The molecule has 7 heteroatoms. The van der Waals surface area contributed by atoms with E-state index in [9.17, 15) is 0 Å². The molecule has 1 aliphatic heterocycles. The van der Waals surface area contributed by atoms with Gasteiger partial charge in [-0.1, -0.05) is 6.92 Å². The van der Waals surface area contributed by atoms with Gasteiger partial charge in [-0.05, 0) is 32.4 Å². The van der Waals surface area contributed by atoms with E-state index in [0.29, 0.717) is 6.04 Å². The Labute approximate surface area is 124 Å². The minimum Gasteiger partial charge on any atom is -0.339 e. The van der Waals surface area contributed by atoms with Gasteiger partial charge in [-0.25, -0.2) is 0 Å². The van der Waals surface area contributed by atoms with E-state index in [1.54, 1.807) is 0 Å². The van der Waals surface area contributed by atoms with Crippen molar-refractivity contribution in [1.29, 1.82) is 0 Å². The monoisotopic (exact) mass is 289 g/mol. The van der Waals surface area contributed by atoms with E-state index in [0.717, 1.165) is 55.5 Å². The fourth-order valence-corrected chi connectivity index (χ4v) is 2.80. The highest BCUT2D eigenvalue weighted by Gasteiger charge is 2.21. The highest BCUT2D eigenvalue weighted by Crippen LogP contribution is 2.21. The Balaban J connectivity index is 1.75. The number of anilines is 1. The van der Waals surface area contributed by atoms with Crippen LogP contribution in [0.3, 0.4) is 0 Å². The average molecular weight is 289 g/mol. The van der Waals surface area contributed by atoms with Gasteiger partial charge in [-0.2, -0.15) is 10.1 Å². The van der Waals surface area contributed by atoms with Crippen LogP contribution in [0.4, 0.5) is 5.95 Å². The number of rotatable bonds is 4. The zero-order chi connectivity index (χ0) is 14.8. The van der Waals surface area contributed by atoms with Gasteiger partial charge in [-0.15, -0.1) is 5.10 Å². The summed E-state index contributed by atoms with van der Waals surface area (Å²) in [6.07, 6.45) is 3.19. The zero-order valence-corrected chi connectivity index (χ0v) is 12.9. The van der Waals surface area contributed by atoms with Gasteiger partial charge in [0.05, 0.1) is 5.69 Å². The first-order chi connectivity index (χ1) is 10.2. The normalized spacial score (nSPS) is 16.6. The van der Waals surface area contributed by atoms with Crippen LogP contribution in [-0.4, -0.2) is 51.1 Å². The fraction of sp³-hybridized carbons (Fsp3) is 0.643. The Morgan fingerprint density at radius 2 is 2.14 bits per heavy atom. The first-order valence-electron chi connectivity index (χ1n) is 7.59. The highest BCUT2D eigenvalue weighted by molar-refractivity contribution is 5.52. The lowest BCUT2D eigenvalue weighted by atomic mass is 10.1. The van der Waals surface area contributed by atoms with Crippen LogP contribution < -0.4 is 10.2 Å². The van der Waals surface area contributed by atoms with Crippen LogP contribution in [0.25, 0.3) is 11.5 Å². The smallest absolute Gasteiger partial charge is 0.245 e. The predicted octanol–water partition coefficient (Wildman–Crippen LogP) is 0.956. The van der Waals surface area contributed by atoms with E-state index in [-0.39, 0.29) is 0 Å². The number of piperidine rings is 1. The van der Waals surface area contributed by atoms with Gasteiger partial charge >= 0.3 is 0 Å². The molecular weight excluding hydrogens is 266 g/mol. The molecule has 2 aromatic heterocycles. The molecule has 1 aliphatic rings. The predicted molar refractivity (Wildman–Crippen MR) is 82.3 cm³/mol. The van der Waals surface area contributed by atoms with Gasteiger partial charge in [0.15, 0.2) is 5.82 Å². The molecule has 2 aromatic rings. The SMILES string of the molecule is CCc1cc(-c2nc(N3CCC(NC)CC3)n[nH]2)n(C)n1. The quantitative estimate of drug-likeness (QED) is 0.877. The lowest BCUT2D eigenvalue weighted by Crippen LogP contribution is -2.41. The van der Waals surface area contributed by atoms with Gasteiger partial charge in [0, 0.05) is 26.2 Å². The minimum absolute atomic E-state index is 0.615. The Bertz CT molecular complexity index is 592. The number of nitrogens with one attached hydrogen (secondary N) is 2. The van der Waals surface area contributed by atoms with E-state index in [4.69, 9.17) is 0 Å². The summed E-state index contributed by atoms with van der Waals surface area (Å²) in [4.78, 5) is 6.88. The molecule has 0 unspecified atom stereocenters. The summed E-state index contributed by atoms with van der Waals surface area (Å²) >= 11 is 0. The van der Waals surface area contributed by atoms with Crippen molar-refractivity contribution < 1.29 is 0 Å². The van der Waals surface area contributed by atoms with Gasteiger partial charge in [-0.3, -0.25) is 9.78 Å². The molecule has 1 saturated heterocycles. The maximum Gasteiger partial charge on any atom is 0.245 e. The van der Waals surface area contributed by atoms with Crippen molar-refractivity contribution in [3.05, 3.63) is 11.8 Å². The van der Waals surface area contributed by atoms with Crippen LogP contribution >= 0.6 is 0 Å². The lowest BCUT2D eigenvalue weighted by molar-refractivity contribution is 0.439. The van der Waals surface area contributed by atoms with Crippen molar-refractivity contribution in [2.75, 3.05) is 25.0 Å². The summed E-state index contributed by atoms with van der Waals surface area (Å²) in [6, 6.07) is 2.68. The molecule has 21 heavy (non-hydrogen) atoms. The number of H-pyrrole nitrogens is 1.